The minimum Gasteiger partial charge on any atom is -0.467 e. The van der Waals surface area contributed by atoms with Crippen molar-refractivity contribution < 1.29 is 4.74 Å². The average molecular weight is 191 g/mol. The van der Waals surface area contributed by atoms with Crippen molar-refractivity contribution in [2.75, 3.05) is 14.2 Å². The van der Waals surface area contributed by atoms with Gasteiger partial charge >= 0.3 is 6.02 Å². The SMILES string of the molecule is COC(=N)N(C)/N=C/c1ccccc1. The molecule has 0 atom stereocenters. The summed E-state index contributed by atoms with van der Waals surface area (Å²) in [5, 5.41) is 12.7. The predicted octanol–water partition coefficient (Wildman–Crippen LogP) is 1.53. The van der Waals surface area contributed by atoms with E-state index >= 15 is 0 Å². The second-order valence-corrected chi connectivity index (χ2v) is 2.69. The number of amidine groups is 1. The molecule has 1 N–H and O–H groups in total. The molecule has 1 rings (SSSR count). The van der Waals surface area contributed by atoms with Gasteiger partial charge in [0.05, 0.1) is 13.3 Å². The molecule has 1 aromatic rings. The molecule has 0 spiro atoms. The van der Waals surface area contributed by atoms with Crippen molar-refractivity contribution in [3.8, 4) is 0 Å². The summed E-state index contributed by atoms with van der Waals surface area (Å²) in [5.41, 5.74) is 0.989. The number of rotatable bonds is 2. The Kier molecular flexibility index (Phi) is 3.67. The molecule has 4 nitrogen and oxygen atoms in total. The molecular weight excluding hydrogens is 178 g/mol. The summed E-state index contributed by atoms with van der Waals surface area (Å²) in [6.07, 6.45) is 1.67. The maximum atomic E-state index is 7.30. The lowest BCUT2D eigenvalue weighted by atomic mass is 10.2. The predicted molar refractivity (Wildman–Crippen MR) is 56.5 cm³/mol. The molecule has 0 fully saturated rings. The molecule has 0 bridgehead atoms. The lowest BCUT2D eigenvalue weighted by Gasteiger charge is -2.10. The van der Waals surface area contributed by atoms with Crippen LogP contribution in [-0.4, -0.2) is 31.4 Å². The van der Waals surface area contributed by atoms with E-state index in [0.29, 0.717) is 0 Å². The van der Waals surface area contributed by atoms with Gasteiger partial charge in [0, 0.05) is 7.05 Å². The Balaban J connectivity index is 2.60. The topological polar surface area (TPSA) is 48.7 Å². The average Bonchev–Trinajstić information content (AvgIpc) is 2.26. The maximum Gasteiger partial charge on any atom is 0.304 e. The highest BCUT2D eigenvalue weighted by molar-refractivity contribution is 5.80. The summed E-state index contributed by atoms with van der Waals surface area (Å²) in [5.74, 6) is 0. The van der Waals surface area contributed by atoms with Crippen LogP contribution < -0.4 is 0 Å². The molecular formula is C10H13N3O. The van der Waals surface area contributed by atoms with Crippen LogP contribution in [0.3, 0.4) is 0 Å². The van der Waals surface area contributed by atoms with E-state index in [0.717, 1.165) is 5.56 Å². The number of hydrogen-bond acceptors (Lipinski definition) is 3. The van der Waals surface area contributed by atoms with Gasteiger partial charge in [0.1, 0.15) is 0 Å². The second-order valence-electron chi connectivity index (χ2n) is 2.69. The molecule has 74 valence electrons. The van der Waals surface area contributed by atoms with E-state index in [-0.39, 0.29) is 6.02 Å². The van der Waals surface area contributed by atoms with Crippen molar-refractivity contribution in [3.63, 3.8) is 0 Å². The molecule has 0 aliphatic heterocycles. The molecule has 0 aliphatic rings. The van der Waals surface area contributed by atoms with Gasteiger partial charge in [0.15, 0.2) is 0 Å². The lowest BCUT2D eigenvalue weighted by Crippen LogP contribution is -2.21. The van der Waals surface area contributed by atoms with Crippen LogP contribution in [0, 0.1) is 5.41 Å². The van der Waals surface area contributed by atoms with Crippen LogP contribution in [0.15, 0.2) is 35.4 Å². The fraction of sp³-hybridized carbons (Fsp3) is 0.200. The number of hydrogen-bond donors (Lipinski definition) is 1. The first-order valence-electron chi connectivity index (χ1n) is 4.19. The van der Waals surface area contributed by atoms with Crippen LogP contribution in [0.4, 0.5) is 0 Å². The Morgan fingerprint density at radius 1 is 1.43 bits per heavy atom. The van der Waals surface area contributed by atoms with Crippen LogP contribution in [0.1, 0.15) is 5.56 Å². The van der Waals surface area contributed by atoms with Gasteiger partial charge in [-0.3, -0.25) is 0 Å². The molecule has 0 saturated heterocycles. The monoisotopic (exact) mass is 191 g/mol. The maximum absolute atomic E-state index is 7.30. The van der Waals surface area contributed by atoms with Crippen LogP contribution in [-0.2, 0) is 4.74 Å². The fourth-order valence-corrected chi connectivity index (χ4v) is 0.877. The van der Waals surface area contributed by atoms with Crippen LogP contribution in [0.25, 0.3) is 0 Å². The Bertz CT molecular complexity index is 321. The number of benzene rings is 1. The first-order valence-corrected chi connectivity index (χ1v) is 4.19. The number of nitrogens with zero attached hydrogens (tertiary/aromatic N) is 2. The first kappa shape index (κ1) is 10.2. The molecule has 0 amide bonds. The van der Waals surface area contributed by atoms with E-state index in [1.54, 1.807) is 13.3 Å². The van der Waals surface area contributed by atoms with Crippen molar-refractivity contribution >= 4 is 12.2 Å². The summed E-state index contributed by atoms with van der Waals surface area (Å²) < 4.78 is 4.70. The molecule has 4 heteroatoms. The zero-order valence-electron chi connectivity index (χ0n) is 8.27. The van der Waals surface area contributed by atoms with Crippen LogP contribution in [0.2, 0.25) is 0 Å². The van der Waals surface area contributed by atoms with Crippen LogP contribution in [0.5, 0.6) is 0 Å². The van der Waals surface area contributed by atoms with Gasteiger partial charge in [0.25, 0.3) is 0 Å². The van der Waals surface area contributed by atoms with E-state index < -0.39 is 0 Å². The Morgan fingerprint density at radius 3 is 2.64 bits per heavy atom. The second kappa shape index (κ2) is 5.01. The number of methoxy groups -OCH3 is 1. The molecule has 1 aromatic carbocycles. The van der Waals surface area contributed by atoms with E-state index in [1.807, 2.05) is 30.3 Å². The molecule has 14 heavy (non-hydrogen) atoms. The van der Waals surface area contributed by atoms with Gasteiger partial charge in [0.2, 0.25) is 0 Å². The number of nitrogens with one attached hydrogen (secondary N) is 1. The first-order chi connectivity index (χ1) is 6.74. The summed E-state index contributed by atoms with van der Waals surface area (Å²) in [6, 6.07) is 9.70. The Labute approximate surface area is 83.3 Å². The fourth-order valence-electron chi connectivity index (χ4n) is 0.877. The van der Waals surface area contributed by atoms with Crippen molar-refractivity contribution in [1.82, 2.24) is 5.01 Å². The molecule has 0 heterocycles. The number of ether oxygens (including phenoxy) is 1. The van der Waals surface area contributed by atoms with Crippen molar-refractivity contribution in [3.05, 3.63) is 35.9 Å². The Morgan fingerprint density at radius 2 is 2.07 bits per heavy atom. The Hall–Kier alpha value is -1.84. The van der Waals surface area contributed by atoms with Crippen LogP contribution >= 0.6 is 0 Å². The quantitative estimate of drug-likeness (QED) is 0.438. The largest absolute Gasteiger partial charge is 0.467 e. The third-order valence-corrected chi connectivity index (χ3v) is 1.67. The zero-order valence-corrected chi connectivity index (χ0v) is 8.27. The van der Waals surface area contributed by atoms with Gasteiger partial charge in [-0.2, -0.15) is 5.10 Å². The zero-order chi connectivity index (χ0) is 10.4. The van der Waals surface area contributed by atoms with Gasteiger partial charge < -0.3 is 4.74 Å². The molecule has 0 radical (unpaired) electrons. The minimum absolute atomic E-state index is 0.0113. The summed E-state index contributed by atoms with van der Waals surface area (Å²) in [4.78, 5) is 0. The number of hydrazone groups is 1. The van der Waals surface area contributed by atoms with Crippen molar-refractivity contribution in [2.24, 2.45) is 5.10 Å². The third-order valence-electron chi connectivity index (χ3n) is 1.67. The van der Waals surface area contributed by atoms with E-state index in [1.165, 1.54) is 12.1 Å². The highest BCUT2D eigenvalue weighted by Crippen LogP contribution is 1.95. The van der Waals surface area contributed by atoms with E-state index in [9.17, 15) is 0 Å². The summed E-state index contributed by atoms with van der Waals surface area (Å²) in [6.45, 7) is 0. The molecule has 0 unspecified atom stereocenters. The highest BCUT2D eigenvalue weighted by atomic mass is 16.5. The van der Waals surface area contributed by atoms with Crippen molar-refractivity contribution in [1.29, 1.82) is 5.41 Å². The van der Waals surface area contributed by atoms with Gasteiger partial charge in [-0.05, 0) is 5.56 Å². The standard InChI is InChI=1S/C10H13N3O/c1-13(10(11)14-2)12-8-9-6-4-3-5-7-9/h3-8,11H,1-2H3/b11-10?,12-8+. The molecule has 0 aliphatic carbocycles. The van der Waals surface area contributed by atoms with Gasteiger partial charge in [-0.25, -0.2) is 10.4 Å². The summed E-state index contributed by atoms with van der Waals surface area (Å²) >= 11 is 0. The smallest absolute Gasteiger partial charge is 0.304 e. The van der Waals surface area contributed by atoms with Gasteiger partial charge in [-0.15, -0.1) is 0 Å². The lowest BCUT2D eigenvalue weighted by molar-refractivity contribution is 0.311. The third kappa shape index (κ3) is 2.90. The normalized spacial score (nSPS) is 10.1. The molecule has 0 saturated carbocycles. The summed E-state index contributed by atoms with van der Waals surface area (Å²) in [7, 11) is 3.10. The van der Waals surface area contributed by atoms with Gasteiger partial charge in [-0.1, -0.05) is 30.3 Å². The molecule has 0 aromatic heterocycles. The minimum atomic E-state index is 0.0113. The highest BCUT2D eigenvalue weighted by Gasteiger charge is 1.98. The van der Waals surface area contributed by atoms with E-state index in [2.05, 4.69) is 5.10 Å². The van der Waals surface area contributed by atoms with Crippen molar-refractivity contribution in [2.45, 2.75) is 0 Å². The van der Waals surface area contributed by atoms with E-state index in [4.69, 9.17) is 10.1 Å².